The quantitative estimate of drug-likeness (QED) is 0.703. The first-order valence-corrected chi connectivity index (χ1v) is 8.09. The van der Waals surface area contributed by atoms with Crippen LogP contribution in [0.1, 0.15) is 47.1 Å². The van der Waals surface area contributed by atoms with Crippen molar-refractivity contribution < 1.29 is 9.53 Å². The molecule has 0 aliphatic heterocycles. The molecule has 1 aromatic carbocycles. The minimum absolute atomic E-state index is 0.265. The normalized spacial score (nSPS) is 14.4. The van der Waals surface area contributed by atoms with Crippen molar-refractivity contribution in [1.82, 2.24) is 10.6 Å². The SMILES string of the molecule is CC(C)C(C)(CNC(=O)OC(C)(C)C)NCc1ccccc1N. The Labute approximate surface area is 140 Å². The number of alkyl carbamates (subject to hydrolysis) is 1. The van der Waals surface area contributed by atoms with Crippen LogP contribution >= 0.6 is 0 Å². The van der Waals surface area contributed by atoms with Gasteiger partial charge in [0.15, 0.2) is 0 Å². The van der Waals surface area contributed by atoms with Gasteiger partial charge in [-0.15, -0.1) is 0 Å². The van der Waals surface area contributed by atoms with Crippen LogP contribution in [0.5, 0.6) is 0 Å². The summed E-state index contributed by atoms with van der Waals surface area (Å²) in [7, 11) is 0. The zero-order valence-corrected chi connectivity index (χ0v) is 15.2. The molecular weight excluding hydrogens is 290 g/mol. The van der Waals surface area contributed by atoms with E-state index >= 15 is 0 Å². The van der Waals surface area contributed by atoms with E-state index in [-0.39, 0.29) is 5.54 Å². The predicted molar refractivity (Wildman–Crippen MR) is 95.2 cm³/mol. The molecule has 1 aromatic rings. The lowest BCUT2D eigenvalue weighted by Crippen LogP contribution is -2.55. The van der Waals surface area contributed by atoms with Gasteiger partial charge < -0.3 is 21.1 Å². The van der Waals surface area contributed by atoms with Gasteiger partial charge in [0.05, 0.1) is 0 Å². The lowest BCUT2D eigenvalue weighted by Gasteiger charge is -2.35. The van der Waals surface area contributed by atoms with E-state index in [1.807, 2.05) is 45.0 Å². The molecule has 5 heteroatoms. The van der Waals surface area contributed by atoms with Gasteiger partial charge in [-0.1, -0.05) is 32.0 Å². The second kappa shape index (κ2) is 7.68. The molecule has 1 rings (SSSR count). The first-order chi connectivity index (χ1) is 10.5. The number of rotatable bonds is 6. The first-order valence-electron chi connectivity index (χ1n) is 8.09. The van der Waals surface area contributed by atoms with E-state index < -0.39 is 11.7 Å². The number of carbonyl (C=O) groups is 1. The summed E-state index contributed by atoms with van der Waals surface area (Å²) in [6, 6.07) is 7.79. The van der Waals surface area contributed by atoms with Crippen molar-refractivity contribution >= 4 is 11.8 Å². The van der Waals surface area contributed by atoms with Gasteiger partial charge in [-0.2, -0.15) is 0 Å². The van der Waals surface area contributed by atoms with Crippen molar-refractivity contribution in [3.05, 3.63) is 29.8 Å². The molecule has 0 aliphatic carbocycles. The Balaban J connectivity index is 2.65. The van der Waals surface area contributed by atoms with Gasteiger partial charge in [-0.3, -0.25) is 0 Å². The molecular formula is C18H31N3O2. The first kappa shape index (κ1) is 19.3. The molecule has 0 aliphatic rings. The van der Waals surface area contributed by atoms with Gasteiger partial charge in [0.25, 0.3) is 0 Å². The number of carbonyl (C=O) groups excluding carboxylic acids is 1. The maximum Gasteiger partial charge on any atom is 0.407 e. The fraction of sp³-hybridized carbons (Fsp3) is 0.611. The third-order valence-corrected chi connectivity index (χ3v) is 4.01. The molecule has 0 spiro atoms. The van der Waals surface area contributed by atoms with E-state index in [0.29, 0.717) is 19.0 Å². The smallest absolute Gasteiger partial charge is 0.407 e. The fourth-order valence-electron chi connectivity index (χ4n) is 2.03. The largest absolute Gasteiger partial charge is 0.444 e. The number of nitrogens with one attached hydrogen (secondary N) is 2. The standard InChI is InChI=1S/C18H31N3O2/c1-13(2)18(6,12-20-16(22)23-17(3,4)5)21-11-14-9-7-8-10-15(14)19/h7-10,13,21H,11-12,19H2,1-6H3,(H,20,22). The highest BCUT2D eigenvalue weighted by Gasteiger charge is 2.29. The fourth-order valence-corrected chi connectivity index (χ4v) is 2.03. The molecule has 0 saturated heterocycles. The molecule has 0 fully saturated rings. The van der Waals surface area contributed by atoms with Crippen LogP contribution in [0.15, 0.2) is 24.3 Å². The number of benzene rings is 1. The molecule has 1 unspecified atom stereocenters. The van der Waals surface area contributed by atoms with Crippen molar-refractivity contribution in [2.24, 2.45) is 5.92 Å². The molecule has 0 heterocycles. The van der Waals surface area contributed by atoms with Crippen LogP contribution in [0.3, 0.4) is 0 Å². The summed E-state index contributed by atoms with van der Waals surface area (Å²) in [5.74, 6) is 0.322. The summed E-state index contributed by atoms with van der Waals surface area (Å²) >= 11 is 0. The third kappa shape index (κ3) is 6.48. The summed E-state index contributed by atoms with van der Waals surface area (Å²) < 4.78 is 5.30. The number of ether oxygens (including phenoxy) is 1. The Hall–Kier alpha value is -1.75. The summed E-state index contributed by atoms with van der Waals surface area (Å²) in [5.41, 5.74) is 7.05. The highest BCUT2D eigenvalue weighted by molar-refractivity contribution is 5.67. The molecule has 5 nitrogen and oxygen atoms in total. The summed E-state index contributed by atoms with van der Waals surface area (Å²) in [6.45, 7) is 13.0. The van der Waals surface area contributed by atoms with Crippen molar-refractivity contribution in [2.45, 2.75) is 59.2 Å². The van der Waals surface area contributed by atoms with Crippen LogP contribution < -0.4 is 16.4 Å². The van der Waals surface area contributed by atoms with E-state index in [1.54, 1.807) is 0 Å². The predicted octanol–water partition coefficient (Wildman–Crippen LogP) is 3.30. The highest BCUT2D eigenvalue weighted by atomic mass is 16.6. The number of amides is 1. The average Bonchev–Trinajstić information content (AvgIpc) is 2.42. The number of nitrogen functional groups attached to an aromatic ring is 1. The van der Waals surface area contributed by atoms with E-state index in [0.717, 1.165) is 11.3 Å². The van der Waals surface area contributed by atoms with Crippen molar-refractivity contribution in [1.29, 1.82) is 0 Å². The van der Waals surface area contributed by atoms with Crippen LogP contribution in [0.4, 0.5) is 10.5 Å². The lowest BCUT2D eigenvalue weighted by atomic mass is 9.88. The van der Waals surface area contributed by atoms with Gasteiger partial charge in [0.2, 0.25) is 0 Å². The molecule has 130 valence electrons. The third-order valence-electron chi connectivity index (χ3n) is 4.01. The monoisotopic (exact) mass is 321 g/mol. The number of hydrogen-bond donors (Lipinski definition) is 3. The second-order valence-corrected chi connectivity index (χ2v) is 7.48. The van der Waals surface area contributed by atoms with Gasteiger partial charge in [-0.25, -0.2) is 4.79 Å². The van der Waals surface area contributed by atoms with Gasteiger partial charge in [0, 0.05) is 24.3 Å². The Bertz CT molecular complexity index is 523. The summed E-state index contributed by atoms with van der Waals surface area (Å²) in [5, 5.41) is 6.38. The van der Waals surface area contributed by atoms with Crippen LogP contribution in [-0.2, 0) is 11.3 Å². The van der Waals surface area contributed by atoms with Crippen LogP contribution in [-0.4, -0.2) is 23.8 Å². The average molecular weight is 321 g/mol. The van der Waals surface area contributed by atoms with Crippen LogP contribution in [0.25, 0.3) is 0 Å². The molecule has 1 atom stereocenters. The molecule has 0 radical (unpaired) electrons. The number of hydrogen-bond acceptors (Lipinski definition) is 4. The Morgan fingerprint density at radius 1 is 1.22 bits per heavy atom. The molecule has 23 heavy (non-hydrogen) atoms. The zero-order valence-electron chi connectivity index (χ0n) is 15.2. The summed E-state index contributed by atoms with van der Waals surface area (Å²) in [6.07, 6.45) is -0.398. The van der Waals surface area contributed by atoms with E-state index in [1.165, 1.54) is 0 Å². The molecule has 4 N–H and O–H groups in total. The molecule has 0 aromatic heterocycles. The Morgan fingerprint density at radius 3 is 2.35 bits per heavy atom. The number of nitrogens with two attached hydrogens (primary N) is 1. The topological polar surface area (TPSA) is 76.4 Å². The molecule has 1 amide bonds. The lowest BCUT2D eigenvalue weighted by molar-refractivity contribution is 0.0503. The number of para-hydroxylation sites is 1. The van der Waals surface area contributed by atoms with Crippen molar-refractivity contribution in [2.75, 3.05) is 12.3 Å². The Morgan fingerprint density at radius 2 is 1.83 bits per heavy atom. The van der Waals surface area contributed by atoms with Gasteiger partial charge in [-0.05, 0) is 45.2 Å². The Kier molecular flexibility index (Phi) is 6.45. The van der Waals surface area contributed by atoms with E-state index in [9.17, 15) is 4.79 Å². The molecule has 0 bridgehead atoms. The highest BCUT2D eigenvalue weighted by Crippen LogP contribution is 2.18. The molecule has 0 saturated carbocycles. The second-order valence-electron chi connectivity index (χ2n) is 7.48. The minimum Gasteiger partial charge on any atom is -0.444 e. The maximum atomic E-state index is 11.9. The summed E-state index contributed by atoms with van der Waals surface area (Å²) in [4.78, 5) is 11.9. The van der Waals surface area contributed by atoms with Gasteiger partial charge in [0.1, 0.15) is 5.60 Å². The van der Waals surface area contributed by atoms with E-state index in [4.69, 9.17) is 10.5 Å². The van der Waals surface area contributed by atoms with Crippen molar-refractivity contribution in [3.8, 4) is 0 Å². The minimum atomic E-state index is -0.496. The van der Waals surface area contributed by atoms with E-state index in [2.05, 4.69) is 31.4 Å². The van der Waals surface area contributed by atoms with Crippen LogP contribution in [0, 0.1) is 5.92 Å². The maximum absolute atomic E-state index is 11.9. The van der Waals surface area contributed by atoms with Crippen molar-refractivity contribution in [3.63, 3.8) is 0 Å². The van der Waals surface area contributed by atoms with Crippen LogP contribution in [0.2, 0.25) is 0 Å². The zero-order chi connectivity index (χ0) is 17.7. The number of anilines is 1. The van der Waals surface area contributed by atoms with Gasteiger partial charge >= 0.3 is 6.09 Å².